The summed E-state index contributed by atoms with van der Waals surface area (Å²) in [7, 11) is 1.73. The largest absolute Gasteiger partial charge is 0.459 e. The third-order valence-electron chi connectivity index (χ3n) is 4.17. The molecule has 1 N–H and O–H groups in total. The zero-order chi connectivity index (χ0) is 17.6. The molecular formula is C18H21FN4O2. The Kier molecular flexibility index (Phi) is 5.33. The van der Waals surface area contributed by atoms with Gasteiger partial charge in [0.15, 0.2) is 11.7 Å². The molecule has 1 aromatic heterocycles. The first-order chi connectivity index (χ1) is 12.2. The summed E-state index contributed by atoms with van der Waals surface area (Å²) in [6.07, 6.45) is 1.50. The van der Waals surface area contributed by atoms with Crippen LogP contribution in [-0.4, -0.2) is 54.9 Å². The van der Waals surface area contributed by atoms with Gasteiger partial charge in [-0.2, -0.15) is 0 Å². The van der Waals surface area contributed by atoms with Gasteiger partial charge in [-0.05, 0) is 29.8 Å². The number of aliphatic imine (C=N–C) groups is 1. The van der Waals surface area contributed by atoms with E-state index in [9.17, 15) is 9.18 Å². The number of nitrogens with one attached hydrogen (secondary N) is 1. The molecule has 2 heterocycles. The lowest BCUT2D eigenvalue weighted by Gasteiger charge is -2.36. The van der Waals surface area contributed by atoms with Crippen molar-refractivity contribution in [1.82, 2.24) is 15.1 Å². The first-order valence-corrected chi connectivity index (χ1v) is 8.20. The number of amides is 1. The highest BCUT2D eigenvalue weighted by atomic mass is 19.1. The number of furan rings is 1. The van der Waals surface area contributed by atoms with E-state index in [1.807, 2.05) is 0 Å². The van der Waals surface area contributed by atoms with Gasteiger partial charge in [0.2, 0.25) is 0 Å². The minimum Gasteiger partial charge on any atom is -0.459 e. The average Bonchev–Trinajstić information content (AvgIpc) is 3.18. The van der Waals surface area contributed by atoms with Crippen LogP contribution in [0, 0.1) is 5.82 Å². The molecule has 132 valence electrons. The van der Waals surface area contributed by atoms with E-state index in [1.54, 1.807) is 36.2 Å². The van der Waals surface area contributed by atoms with Crippen LogP contribution in [-0.2, 0) is 6.54 Å². The maximum absolute atomic E-state index is 13.0. The topological polar surface area (TPSA) is 61.1 Å². The number of hydrogen-bond donors (Lipinski definition) is 1. The number of guanidine groups is 1. The van der Waals surface area contributed by atoms with E-state index in [-0.39, 0.29) is 11.7 Å². The predicted octanol–water partition coefficient (Wildman–Crippen LogP) is 1.95. The van der Waals surface area contributed by atoms with Crippen molar-refractivity contribution >= 4 is 11.9 Å². The number of rotatable bonds is 3. The molecule has 3 rings (SSSR count). The first kappa shape index (κ1) is 17.0. The van der Waals surface area contributed by atoms with Crippen LogP contribution in [0.1, 0.15) is 16.1 Å². The van der Waals surface area contributed by atoms with Crippen LogP contribution >= 0.6 is 0 Å². The summed E-state index contributed by atoms with van der Waals surface area (Å²) >= 11 is 0. The number of carbonyl (C=O) groups excluding carboxylic acids is 1. The van der Waals surface area contributed by atoms with Crippen molar-refractivity contribution in [3.05, 3.63) is 59.8 Å². The summed E-state index contributed by atoms with van der Waals surface area (Å²) in [5, 5.41) is 3.28. The second kappa shape index (κ2) is 7.83. The number of nitrogens with zero attached hydrogens (tertiary/aromatic N) is 3. The molecule has 0 spiro atoms. The van der Waals surface area contributed by atoms with Crippen LogP contribution in [0.3, 0.4) is 0 Å². The fraction of sp³-hybridized carbons (Fsp3) is 0.333. The van der Waals surface area contributed by atoms with E-state index >= 15 is 0 Å². The lowest BCUT2D eigenvalue weighted by Crippen LogP contribution is -2.53. The molecule has 1 amide bonds. The Labute approximate surface area is 145 Å². The molecule has 0 radical (unpaired) electrons. The highest BCUT2D eigenvalue weighted by Gasteiger charge is 2.25. The lowest BCUT2D eigenvalue weighted by atomic mass is 10.2. The summed E-state index contributed by atoms with van der Waals surface area (Å²) in [5.74, 6) is 0.811. The molecule has 0 unspecified atom stereocenters. The van der Waals surface area contributed by atoms with Crippen molar-refractivity contribution in [2.75, 3.05) is 33.2 Å². The summed E-state index contributed by atoms with van der Waals surface area (Å²) in [6, 6.07) is 9.77. The molecule has 25 heavy (non-hydrogen) atoms. The fourth-order valence-electron chi connectivity index (χ4n) is 2.79. The van der Waals surface area contributed by atoms with Gasteiger partial charge in [0.1, 0.15) is 5.82 Å². The molecule has 1 aliphatic rings. The van der Waals surface area contributed by atoms with Gasteiger partial charge >= 0.3 is 0 Å². The van der Waals surface area contributed by atoms with Crippen LogP contribution in [0.15, 0.2) is 52.1 Å². The first-order valence-electron chi connectivity index (χ1n) is 8.20. The Morgan fingerprint density at radius 1 is 1.16 bits per heavy atom. The molecule has 0 saturated carbocycles. The van der Waals surface area contributed by atoms with Gasteiger partial charge in [-0.1, -0.05) is 12.1 Å². The van der Waals surface area contributed by atoms with Gasteiger partial charge in [-0.3, -0.25) is 9.79 Å². The van der Waals surface area contributed by atoms with E-state index < -0.39 is 0 Å². The minimum absolute atomic E-state index is 0.0843. The highest BCUT2D eigenvalue weighted by molar-refractivity contribution is 5.91. The van der Waals surface area contributed by atoms with Gasteiger partial charge in [-0.15, -0.1) is 0 Å². The Bertz CT molecular complexity index is 720. The second-order valence-electron chi connectivity index (χ2n) is 5.78. The number of benzene rings is 1. The quantitative estimate of drug-likeness (QED) is 0.683. The molecule has 0 atom stereocenters. The van der Waals surface area contributed by atoms with Crippen LogP contribution in [0.25, 0.3) is 0 Å². The standard InChI is InChI=1S/C18H21FN4O2/c1-20-18(21-13-14-4-6-15(19)7-5-14)23-10-8-22(9-11-23)17(24)16-3-2-12-25-16/h2-7,12H,8-11,13H2,1H3,(H,20,21). The zero-order valence-corrected chi connectivity index (χ0v) is 14.1. The molecule has 1 saturated heterocycles. The average molecular weight is 344 g/mol. The van der Waals surface area contributed by atoms with Crippen molar-refractivity contribution in [2.24, 2.45) is 4.99 Å². The number of halogens is 1. The van der Waals surface area contributed by atoms with Crippen LogP contribution < -0.4 is 5.32 Å². The molecule has 0 aliphatic carbocycles. The maximum Gasteiger partial charge on any atom is 0.289 e. The Balaban J connectivity index is 1.52. The van der Waals surface area contributed by atoms with Gasteiger partial charge in [0.05, 0.1) is 6.26 Å². The van der Waals surface area contributed by atoms with E-state index in [1.165, 1.54) is 18.4 Å². The monoisotopic (exact) mass is 344 g/mol. The van der Waals surface area contributed by atoms with Gasteiger partial charge < -0.3 is 19.5 Å². The third-order valence-corrected chi connectivity index (χ3v) is 4.17. The molecule has 7 heteroatoms. The van der Waals surface area contributed by atoms with Crippen molar-refractivity contribution in [3.63, 3.8) is 0 Å². The van der Waals surface area contributed by atoms with E-state index in [0.29, 0.717) is 38.5 Å². The molecule has 1 fully saturated rings. The van der Waals surface area contributed by atoms with Crippen molar-refractivity contribution < 1.29 is 13.6 Å². The Morgan fingerprint density at radius 2 is 1.84 bits per heavy atom. The summed E-state index contributed by atoms with van der Waals surface area (Å²) in [6.45, 7) is 3.16. The molecule has 1 aliphatic heterocycles. The van der Waals surface area contributed by atoms with Gasteiger partial charge in [0, 0.05) is 39.8 Å². The van der Waals surface area contributed by atoms with E-state index in [2.05, 4.69) is 15.2 Å². The van der Waals surface area contributed by atoms with Gasteiger partial charge in [-0.25, -0.2) is 4.39 Å². The van der Waals surface area contributed by atoms with Crippen molar-refractivity contribution in [3.8, 4) is 0 Å². The van der Waals surface area contributed by atoms with Crippen LogP contribution in [0.5, 0.6) is 0 Å². The zero-order valence-electron chi connectivity index (χ0n) is 14.1. The second-order valence-corrected chi connectivity index (χ2v) is 5.78. The van der Waals surface area contributed by atoms with Crippen molar-refractivity contribution in [1.29, 1.82) is 0 Å². The van der Waals surface area contributed by atoms with Gasteiger partial charge in [0.25, 0.3) is 5.91 Å². The molecule has 6 nitrogen and oxygen atoms in total. The van der Waals surface area contributed by atoms with E-state index in [4.69, 9.17) is 4.42 Å². The summed E-state index contributed by atoms with van der Waals surface area (Å²) < 4.78 is 18.1. The maximum atomic E-state index is 13.0. The Hall–Kier alpha value is -2.83. The molecule has 0 bridgehead atoms. The highest BCUT2D eigenvalue weighted by Crippen LogP contribution is 2.10. The summed E-state index contributed by atoms with van der Waals surface area (Å²) in [4.78, 5) is 20.5. The van der Waals surface area contributed by atoms with Crippen LogP contribution in [0.4, 0.5) is 4.39 Å². The van der Waals surface area contributed by atoms with Crippen molar-refractivity contribution in [2.45, 2.75) is 6.54 Å². The van der Waals surface area contributed by atoms with E-state index in [0.717, 1.165) is 11.5 Å². The molecule has 2 aromatic rings. The number of carbonyl (C=O) groups is 1. The molecule has 1 aromatic carbocycles. The fourth-order valence-corrected chi connectivity index (χ4v) is 2.79. The normalized spacial score (nSPS) is 15.4. The SMILES string of the molecule is CN=C(NCc1ccc(F)cc1)N1CCN(C(=O)c2ccco2)CC1. The smallest absolute Gasteiger partial charge is 0.289 e. The Morgan fingerprint density at radius 3 is 2.44 bits per heavy atom. The lowest BCUT2D eigenvalue weighted by molar-refractivity contribution is 0.0657. The number of piperazine rings is 1. The minimum atomic E-state index is -0.245. The predicted molar refractivity (Wildman–Crippen MR) is 92.8 cm³/mol. The van der Waals surface area contributed by atoms with Crippen LogP contribution in [0.2, 0.25) is 0 Å². The number of hydrogen-bond acceptors (Lipinski definition) is 3. The third kappa shape index (κ3) is 4.17. The molecular weight excluding hydrogens is 323 g/mol. The summed E-state index contributed by atoms with van der Waals surface area (Å²) in [5.41, 5.74) is 0.981.